The first-order valence-electron chi connectivity index (χ1n) is 12.2. The Labute approximate surface area is 205 Å². The van der Waals surface area contributed by atoms with Crippen molar-refractivity contribution in [1.82, 2.24) is 9.88 Å². The minimum atomic E-state index is -0.184. The van der Waals surface area contributed by atoms with E-state index in [0.29, 0.717) is 16.8 Å². The summed E-state index contributed by atoms with van der Waals surface area (Å²) in [6, 6.07) is 13.2. The van der Waals surface area contributed by atoms with Crippen LogP contribution in [-0.4, -0.2) is 71.5 Å². The van der Waals surface area contributed by atoms with Crippen molar-refractivity contribution in [3.05, 3.63) is 59.2 Å². The van der Waals surface area contributed by atoms with E-state index >= 15 is 0 Å². The van der Waals surface area contributed by atoms with Gasteiger partial charge >= 0.3 is 0 Å². The first-order valence-corrected chi connectivity index (χ1v) is 12.2. The number of hydrogen-bond donors (Lipinski definition) is 3. The summed E-state index contributed by atoms with van der Waals surface area (Å²) in [7, 11) is 0. The van der Waals surface area contributed by atoms with Gasteiger partial charge in [-0.2, -0.15) is 0 Å². The van der Waals surface area contributed by atoms with E-state index in [2.05, 4.69) is 26.2 Å². The van der Waals surface area contributed by atoms with Gasteiger partial charge in [-0.05, 0) is 61.2 Å². The van der Waals surface area contributed by atoms with E-state index in [-0.39, 0.29) is 24.4 Å². The maximum atomic E-state index is 13.6. The lowest BCUT2D eigenvalue weighted by molar-refractivity contribution is 0.0342. The van der Waals surface area contributed by atoms with Crippen LogP contribution in [-0.2, 0) is 11.3 Å². The monoisotopic (exact) mass is 476 g/mol. The summed E-state index contributed by atoms with van der Waals surface area (Å²) < 4.78 is 5.47. The number of nitrogens with zero attached hydrogens (tertiary/aromatic N) is 3. The molecule has 8 nitrogen and oxygen atoms in total. The number of aliphatic hydroxyl groups excluding tert-OH is 1. The lowest BCUT2D eigenvalue weighted by Gasteiger charge is -2.29. The van der Waals surface area contributed by atoms with E-state index in [0.717, 1.165) is 74.4 Å². The predicted octanol–water partition coefficient (Wildman–Crippen LogP) is 3.29. The second kappa shape index (κ2) is 10.2. The molecule has 1 atom stereocenters. The van der Waals surface area contributed by atoms with Crippen LogP contribution in [0, 0.1) is 6.92 Å². The zero-order valence-electron chi connectivity index (χ0n) is 20.0. The summed E-state index contributed by atoms with van der Waals surface area (Å²) in [6.45, 7) is 6.77. The van der Waals surface area contributed by atoms with Crippen LogP contribution in [0.2, 0.25) is 0 Å². The Kier molecular flexibility index (Phi) is 6.86. The Balaban J connectivity index is 1.46. The number of carbonyl (C=O) groups excluding carboxylic acids is 1. The summed E-state index contributed by atoms with van der Waals surface area (Å²) in [6.07, 6.45) is 1.91. The second-order valence-corrected chi connectivity index (χ2v) is 9.40. The fourth-order valence-electron chi connectivity index (χ4n) is 5.13. The molecule has 2 aromatic carbocycles. The summed E-state index contributed by atoms with van der Waals surface area (Å²) in [5, 5.41) is 23.6. The van der Waals surface area contributed by atoms with Gasteiger partial charge in [-0.3, -0.25) is 9.69 Å². The molecule has 2 saturated heterocycles. The van der Waals surface area contributed by atoms with Crippen molar-refractivity contribution in [3.63, 3.8) is 0 Å². The highest BCUT2D eigenvalue weighted by molar-refractivity contribution is 6.09. The lowest BCUT2D eigenvalue weighted by atomic mass is 10.0. The van der Waals surface area contributed by atoms with Gasteiger partial charge in [0.2, 0.25) is 5.88 Å². The van der Waals surface area contributed by atoms with E-state index in [1.807, 2.05) is 25.1 Å². The number of pyridine rings is 1. The number of fused-ring (bicyclic) bond motifs is 1. The number of morpholine rings is 1. The van der Waals surface area contributed by atoms with Crippen LogP contribution in [0.5, 0.6) is 5.88 Å². The van der Waals surface area contributed by atoms with Crippen molar-refractivity contribution in [2.75, 3.05) is 49.7 Å². The molecule has 2 aliphatic heterocycles. The average Bonchev–Trinajstić information content (AvgIpc) is 3.34. The van der Waals surface area contributed by atoms with Gasteiger partial charge in [-0.25, -0.2) is 4.98 Å². The number of benzene rings is 2. The lowest BCUT2D eigenvalue weighted by Crippen LogP contribution is -2.36. The number of hydrogen-bond acceptors (Lipinski definition) is 7. The highest BCUT2D eigenvalue weighted by Crippen LogP contribution is 2.31. The van der Waals surface area contributed by atoms with Crippen LogP contribution in [0.4, 0.5) is 11.4 Å². The number of aryl methyl sites for hydroxylation is 1. The molecule has 0 bridgehead atoms. The fraction of sp³-hybridized carbons (Fsp3) is 0.407. The molecule has 2 aliphatic rings. The van der Waals surface area contributed by atoms with Gasteiger partial charge < -0.3 is 25.2 Å². The smallest absolute Gasteiger partial charge is 0.257 e. The quantitative estimate of drug-likeness (QED) is 0.502. The molecular formula is C27H32N4O4. The molecule has 0 spiro atoms. The third-order valence-electron chi connectivity index (χ3n) is 6.97. The largest absolute Gasteiger partial charge is 0.493 e. The van der Waals surface area contributed by atoms with Gasteiger partial charge in [0.1, 0.15) is 0 Å². The van der Waals surface area contributed by atoms with E-state index in [4.69, 9.17) is 4.74 Å². The van der Waals surface area contributed by atoms with Crippen LogP contribution in [0.15, 0.2) is 42.5 Å². The number of nitrogens with one attached hydrogen (secondary N) is 1. The van der Waals surface area contributed by atoms with Crippen LogP contribution in [0.3, 0.4) is 0 Å². The predicted molar refractivity (Wildman–Crippen MR) is 136 cm³/mol. The maximum Gasteiger partial charge on any atom is 0.257 e. The second-order valence-electron chi connectivity index (χ2n) is 9.40. The van der Waals surface area contributed by atoms with Gasteiger partial charge in [-0.1, -0.05) is 6.07 Å². The molecule has 2 fully saturated rings. The van der Waals surface area contributed by atoms with Crippen molar-refractivity contribution in [1.29, 1.82) is 0 Å². The zero-order valence-corrected chi connectivity index (χ0v) is 20.0. The minimum Gasteiger partial charge on any atom is -0.493 e. The van der Waals surface area contributed by atoms with Crippen molar-refractivity contribution in [3.8, 4) is 5.88 Å². The number of ether oxygens (including phenoxy) is 1. The Morgan fingerprint density at radius 3 is 2.77 bits per heavy atom. The molecule has 3 N–H and O–H groups in total. The zero-order chi connectivity index (χ0) is 24.4. The maximum absolute atomic E-state index is 13.6. The molecule has 1 amide bonds. The summed E-state index contributed by atoms with van der Waals surface area (Å²) in [4.78, 5) is 22.3. The molecule has 0 saturated carbocycles. The minimum absolute atomic E-state index is 0.0161. The average molecular weight is 477 g/mol. The van der Waals surface area contributed by atoms with Crippen molar-refractivity contribution < 1.29 is 19.7 Å². The molecule has 3 heterocycles. The molecule has 3 aromatic rings. The Hall–Kier alpha value is -3.20. The fourth-order valence-corrected chi connectivity index (χ4v) is 5.13. The highest BCUT2D eigenvalue weighted by Gasteiger charge is 2.28. The SMILES string of the molecule is Cc1cc(O)nc2ccc(NC(=O)c3cc(CN4CCOCC4)ccc3N3CCCC3CO)cc12. The molecular weight excluding hydrogens is 444 g/mol. The Morgan fingerprint density at radius 1 is 1.14 bits per heavy atom. The van der Waals surface area contributed by atoms with Gasteiger partial charge in [0.15, 0.2) is 0 Å². The normalized spacial score (nSPS) is 18.8. The molecule has 8 heteroatoms. The molecule has 0 aliphatic carbocycles. The Bertz CT molecular complexity index is 1230. The van der Waals surface area contributed by atoms with Crippen molar-refractivity contribution in [2.24, 2.45) is 0 Å². The van der Waals surface area contributed by atoms with E-state index in [1.165, 1.54) is 0 Å². The molecule has 184 valence electrons. The van der Waals surface area contributed by atoms with Crippen LogP contribution in [0.25, 0.3) is 10.9 Å². The van der Waals surface area contributed by atoms with Gasteiger partial charge in [0.05, 0.1) is 36.9 Å². The first-order chi connectivity index (χ1) is 17.0. The number of amides is 1. The van der Waals surface area contributed by atoms with E-state index < -0.39 is 0 Å². The first kappa shape index (κ1) is 23.5. The van der Waals surface area contributed by atoms with Gasteiger partial charge in [0.25, 0.3) is 5.91 Å². The number of aromatic hydroxyl groups is 1. The molecule has 5 rings (SSSR count). The standard InChI is InChI=1S/C27H32N4O4/c1-18-13-26(33)29-24-6-5-20(15-22(18)24)28-27(34)23-14-19(16-30-9-11-35-12-10-30)4-7-25(23)31-8-2-3-21(31)17-32/h4-7,13-15,21,32H,2-3,8-12,16-17H2,1H3,(H,28,34)(H,29,33). The molecule has 0 radical (unpaired) electrons. The number of aliphatic hydroxyl groups is 1. The molecule has 35 heavy (non-hydrogen) atoms. The number of anilines is 2. The Morgan fingerprint density at radius 2 is 1.97 bits per heavy atom. The number of aromatic nitrogens is 1. The van der Waals surface area contributed by atoms with Gasteiger partial charge in [-0.15, -0.1) is 0 Å². The topological polar surface area (TPSA) is 98.2 Å². The van der Waals surface area contributed by atoms with Crippen LogP contribution in [0.1, 0.15) is 34.3 Å². The van der Waals surface area contributed by atoms with Crippen LogP contribution < -0.4 is 10.2 Å². The highest BCUT2D eigenvalue weighted by atomic mass is 16.5. The van der Waals surface area contributed by atoms with Crippen molar-refractivity contribution in [2.45, 2.75) is 32.4 Å². The molecule has 1 unspecified atom stereocenters. The van der Waals surface area contributed by atoms with Crippen LogP contribution >= 0.6 is 0 Å². The summed E-state index contributed by atoms with van der Waals surface area (Å²) >= 11 is 0. The summed E-state index contributed by atoms with van der Waals surface area (Å²) in [5.74, 6) is -0.200. The van der Waals surface area contributed by atoms with E-state index in [9.17, 15) is 15.0 Å². The third kappa shape index (κ3) is 5.10. The number of rotatable bonds is 6. The number of carbonyl (C=O) groups is 1. The molecule has 1 aromatic heterocycles. The third-order valence-corrected chi connectivity index (χ3v) is 6.97. The summed E-state index contributed by atoms with van der Waals surface area (Å²) in [5.41, 5.74) is 4.78. The van der Waals surface area contributed by atoms with Gasteiger partial charge in [0, 0.05) is 49.0 Å². The van der Waals surface area contributed by atoms with Crippen molar-refractivity contribution >= 4 is 28.2 Å². The van der Waals surface area contributed by atoms with E-state index in [1.54, 1.807) is 18.2 Å².